The zero-order chi connectivity index (χ0) is 11.7. The van der Waals surface area contributed by atoms with Gasteiger partial charge in [-0.2, -0.15) is 0 Å². The Hall–Kier alpha value is -1.46. The molecule has 1 aromatic carbocycles. The van der Waals surface area contributed by atoms with Crippen molar-refractivity contribution in [2.45, 2.75) is 9.92 Å². The van der Waals surface area contributed by atoms with Gasteiger partial charge in [-0.05, 0) is 23.6 Å². The maximum atomic E-state index is 13.5. The SMILES string of the molecule is Fc1ccccc1Sc1ncnc2sccc12. The molecule has 0 aliphatic carbocycles. The molecule has 2 aromatic heterocycles. The lowest BCUT2D eigenvalue weighted by Crippen LogP contribution is -1.85. The van der Waals surface area contributed by atoms with Crippen molar-refractivity contribution in [3.8, 4) is 0 Å². The van der Waals surface area contributed by atoms with Crippen LogP contribution in [0.2, 0.25) is 0 Å². The van der Waals surface area contributed by atoms with Crippen LogP contribution in [0.25, 0.3) is 10.2 Å². The smallest absolute Gasteiger partial charge is 0.137 e. The highest BCUT2D eigenvalue weighted by Gasteiger charge is 2.09. The summed E-state index contributed by atoms with van der Waals surface area (Å²) in [4.78, 5) is 9.89. The molecule has 0 saturated heterocycles. The van der Waals surface area contributed by atoms with Crippen molar-refractivity contribution in [3.63, 3.8) is 0 Å². The van der Waals surface area contributed by atoms with Gasteiger partial charge in [0.15, 0.2) is 0 Å². The summed E-state index contributed by atoms with van der Waals surface area (Å²) in [5.41, 5.74) is 0. The van der Waals surface area contributed by atoms with Crippen molar-refractivity contribution >= 4 is 33.3 Å². The Bertz CT molecular complexity index is 666. The number of thiophene rings is 1. The molecule has 0 spiro atoms. The molecule has 2 heterocycles. The van der Waals surface area contributed by atoms with Gasteiger partial charge in [-0.1, -0.05) is 23.9 Å². The van der Waals surface area contributed by atoms with Gasteiger partial charge < -0.3 is 0 Å². The number of aromatic nitrogens is 2. The zero-order valence-electron chi connectivity index (χ0n) is 8.63. The van der Waals surface area contributed by atoms with E-state index in [1.165, 1.54) is 24.2 Å². The third kappa shape index (κ3) is 2.03. The Labute approximate surface area is 106 Å². The summed E-state index contributed by atoms with van der Waals surface area (Å²) in [6.07, 6.45) is 1.52. The second-order valence-corrected chi connectivity index (χ2v) is 5.28. The highest BCUT2D eigenvalue weighted by atomic mass is 32.2. The quantitative estimate of drug-likeness (QED) is 0.653. The van der Waals surface area contributed by atoms with Gasteiger partial charge in [0.25, 0.3) is 0 Å². The number of nitrogens with zero attached hydrogens (tertiary/aromatic N) is 2. The highest BCUT2D eigenvalue weighted by molar-refractivity contribution is 7.99. The van der Waals surface area contributed by atoms with Crippen LogP contribution >= 0.6 is 23.1 Å². The molecule has 3 aromatic rings. The molecule has 0 unspecified atom stereocenters. The van der Waals surface area contributed by atoms with Gasteiger partial charge in [-0.25, -0.2) is 14.4 Å². The van der Waals surface area contributed by atoms with E-state index in [0.29, 0.717) is 4.90 Å². The lowest BCUT2D eigenvalue weighted by atomic mass is 10.3. The molecule has 2 nitrogen and oxygen atoms in total. The minimum atomic E-state index is -0.223. The number of fused-ring (bicyclic) bond motifs is 1. The van der Waals surface area contributed by atoms with E-state index < -0.39 is 0 Å². The molecule has 84 valence electrons. The molecule has 0 aliphatic heterocycles. The Morgan fingerprint density at radius 3 is 2.88 bits per heavy atom. The Balaban J connectivity index is 2.06. The van der Waals surface area contributed by atoms with Crippen molar-refractivity contribution < 1.29 is 4.39 Å². The lowest BCUT2D eigenvalue weighted by molar-refractivity contribution is 0.602. The minimum absolute atomic E-state index is 0.223. The number of hydrogen-bond donors (Lipinski definition) is 0. The molecule has 0 amide bonds. The molecule has 0 saturated carbocycles. The van der Waals surface area contributed by atoms with Gasteiger partial charge in [0.05, 0.1) is 0 Å². The van der Waals surface area contributed by atoms with E-state index in [2.05, 4.69) is 9.97 Å². The molecule has 0 radical (unpaired) electrons. The number of benzene rings is 1. The number of halogens is 1. The molecule has 0 N–H and O–H groups in total. The monoisotopic (exact) mass is 262 g/mol. The highest BCUT2D eigenvalue weighted by Crippen LogP contribution is 2.33. The third-order valence-corrected chi connectivity index (χ3v) is 4.16. The zero-order valence-corrected chi connectivity index (χ0v) is 10.3. The molecule has 0 aliphatic rings. The van der Waals surface area contributed by atoms with Crippen LogP contribution in [0.5, 0.6) is 0 Å². The first-order valence-corrected chi connectivity index (χ1v) is 6.65. The molecule has 0 fully saturated rings. The van der Waals surface area contributed by atoms with Crippen molar-refractivity contribution in [2.24, 2.45) is 0 Å². The van der Waals surface area contributed by atoms with E-state index in [1.807, 2.05) is 17.5 Å². The molecule has 0 atom stereocenters. The average molecular weight is 262 g/mol. The van der Waals surface area contributed by atoms with Crippen LogP contribution in [-0.2, 0) is 0 Å². The summed E-state index contributed by atoms with van der Waals surface area (Å²) < 4.78 is 13.5. The first kappa shape index (κ1) is 10.7. The topological polar surface area (TPSA) is 25.8 Å². The van der Waals surface area contributed by atoms with E-state index in [0.717, 1.165) is 15.2 Å². The minimum Gasteiger partial charge on any atom is -0.229 e. The fraction of sp³-hybridized carbons (Fsp3) is 0. The van der Waals surface area contributed by atoms with Gasteiger partial charge in [0, 0.05) is 10.3 Å². The van der Waals surface area contributed by atoms with Crippen molar-refractivity contribution in [3.05, 3.63) is 47.9 Å². The van der Waals surface area contributed by atoms with Crippen molar-refractivity contribution in [1.82, 2.24) is 9.97 Å². The summed E-state index contributed by atoms with van der Waals surface area (Å²) >= 11 is 2.89. The molecule has 0 bridgehead atoms. The van der Waals surface area contributed by atoms with E-state index in [-0.39, 0.29) is 5.82 Å². The maximum Gasteiger partial charge on any atom is 0.137 e. The Kier molecular flexibility index (Phi) is 2.78. The third-order valence-electron chi connectivity index (χ3n) is 2.27. The second-order valence-electron chi connectivity index (χ2n) is 3.35. The standard InChI is InChI=1S/C12H7FN2S2/c13-9-3-1-2-4-10(9)17-12-8-5-6-16-11(8)14-7-15-12/h1-7H. The summed E-state index contributed by atoms with van der Waals surface area (Å²) in [6, 6.07) is 8.66. The van der Waals surface area contributed by atoms with E-state index in [4.69, 9.17) is 0 Å². The van der Waals surface area contributed by atoms with Gasteiger partial charge in [0.2, 0.25) is 0 Å². The average Bonchev–Trinajstić information content (AvgIpc) is 2.81. The molecule has 17 heavy (non-hydrogen) atoms. The van der Waals surface area contributed by atoms with Crippen LogP contribution in [0.3, 0.4) is 0 Å². The van der Waals surface area contributed by atoms with Crippen LogP contribution in [0.15, 0.2) is 52.0 Å². The van der Waals surface area contributed by atoms with Crippen LogP contribution in [0.1, 0.15) is 0 Å². The first-order chi connectivity index (χ1) is 8.34. The maximum absolute atomic E-state index is 13.5. The predicted octanol–water partition coefficient (Wildman–Crippen LogP) is 3.98. The first-order valence-electron chi connectivity index (χ1n) is 4.95. The summed E-state index contributed by atoms with van der Waals surface area (Å²) in [6.45, 7) is 0. The molecule has 3 rings (SSSR count). The Morgan fingerprint density at radius 2 is 2.00 bits per heavy atom. The largest absolute Gasteiger partial charge is 0.229 e. The van der Waals surface area contributed by atoms with Crippen molar-refractivity contribution in [2.75, 3.05) is 0 Å². The summed E-state index contributed by atoms with van der Waals surface area (Å²) in [5, 5.41) is 3.73. The fourth-order valence-electron chi connectivity index (χ4n) is 1.48. The van der Waals surface area contributed by atoms with Crippen molar-refractivity contribution in [1.29, 1.82) is 0 Å². The second kappa shape index (κ2) is 4.43. The van der Waals surface area contributed by atoms with Crippen LogP contribution in [0.4, 0.5) is 4.39 Å². The normalized spacial score (nSPS) is 10.9. The van der Waals surface area contributed by atoms with Crippen LogP contribution < -0.4 is 0 Å². The fourth-order valence-corrected chi connectivity index (χ4v) is 3.17. The summed E-state index contributed by atoms with van der Waals surface area (Å²) in [7, 11) is 0. The Morgan fingerprint density at radius 1 is 1.12 bits per heavy atom. The van der Waals surface area contributed by atoms with Gasteiger partial charge >= 0.3 is 0 Å². The van der Waals surface area contributed by atoms with E-state index in [9.17, 15) is 4.39 Å². The van der Waals surface area contributed by atoms with Crippen LogP contribution in [-0.4, -0.2) is 9.97 Å². The predicted molar refractivity (Wildman–Crippen MR) is 67.9 cm³/mol. The lowest BCUT2D eigenvalue weighted by Gasteiger charge is -2.02. The van der Waals surface area contributed by atoms with Gasteiger partial charge in [-0.3, -0.25) is 0 Å². The number of rotatable bonds is 2. The molecular weight excluding hydrogens is 255 g/mol. The van der Waals surface area contributed by atoms with Gasteiger partial charge in [-0.15, -0.1) is 11.3 Å². The van der Waals surface area contributed by atoms with Crippen LogP contribution in [0, 0.1) is 5.82 Å². The molecular formula is C12H7FN2S2. The van der Waals surface area contributed by atoms with E-state index >= 15 is 0 Å². The van der Waals surface area contributed by atoms with Gasteiger partial charge in [0.1, 0.15) is 22.0 Å². The summed E-state index contributed by atoms with van der Waals surface area (Å²) in [5.74, 6) is -0.223. The number of hydrogen-bond acceptors (Lipinski definition) is 4. The van der Waals surface area contributed by atoms with E-state index in [1.54, 1.807) is 23.5 Å². The molecule has 5 heteroatoms.